The fourth-order valence-electron chi connectivity index (χ4n) is 5.57. The summed E-state index contributed by atoms with van der Waals surface area (Å²) in [5.74, 6) is -0.199. The summed E-state index contributed by atoms with van der Waals surface area (Å²) in [5.41, 5.74) is 0. The normalized spacial score (nSPS) is 11.5. The summed E-state index contributed by atoms with van der Waals surface area (Å²) in [6, 6.07) is 0. The molecule has 0 atom stereocenters. The molecule has 0 aliphatic rings. The Hall–Kier alpha value is -1.33. The number of esters is 2. The Morgan fingerprint density at radius 1 is 0.447 bits per heavy atom. The molecular weight excluding hydrogens is 606 g/mol. The molecule has 0 spiro atoms. The predicted molar refractivity (Wildman–Crippen MR) is 206 cm³/mol. The largest absolute Gasteiger partial charge is 0.464 e. The van der Waals surface area contributed by atoms with Gasteiger partial charge in [0, 0.05) is 25.9 Å². The molecule has 6 heteroatoms. The fraction of sp³-hybridized carbons (Fsp3) is 0.854. The third-order valence-corrected chi connectivity index (χ3v) is 8.76. The topological polar surface area (TPSA) is 55.8 Å². The number of unbranched alkanes of at least 4 members (excludes halogenated alkanes) is 22. The van der Waals surface area contributed by atoms with Crippen LogP contribution < -0.4 is 0 Å². The molecule has 0 aliphatic carbocycles. The highest BCUT2D eigenvalue weighted by Gasteiger charge is 2.07. The maximum absolute atomic E-state index is 12.0. The first-order valence-electron chi connectivity index (χ1n) is 19.9. The zero-order valence-corrected chi connectivity index (χ0v) is 32.2. The van der Waals surface area contributed by atoms with Gasteiger partial charge in [-0.05, 0) is 71.3 Å². The van der Waals surface area contributed by atoms with Crippen molar-refractivity contribution in [3.05, 3.63) is 24.3 Å². The summed E-state index contributed by atoms with van der Waals surface area (Å²) in [4.78, 5) is 26.1. The zero-order valence-electron chi connectivity index (χ0n) is 31.4. The van der Waals surface area contributed by atoms with Crippen LogP contribution in [0.1, 0.15) is 194 Å². The van der Waals surface area contributed by atoms with Crippen molar-refractivity contribution in [2.75, 3.05) is 33.4 Å². The summed E-state index contributed by atoms with van der Waals surface area (Å²) in [5, 5.41) is 0. The van der Waals surface area contributed by atoms with E-state index in [0.717, 1.165) is 25.7 Å². The van der Waals surface area contributed by atoms with Gasteiger partial charge in [0.05, 0.1) is 0 Å². The minimum atomic E-state index is -0.0996. The molecule has 0 unspecified atom stereocenters. The van der Waals surface area contributed by atoms with Gasteiger partial charge in [-0.3, -0.25) is 14.5 Å². The maximum atomic E-state index is 12.0. The van der Waals surface area contributed by atoms with Crippen LogP contribution in [0.5, 0.6) is 0 Å². The summed E-state index contributed by atoms with van der Waals surface area (Å²) >= 11 is 0. The predicted octanol–water partition coefficient (Wildman–Crippen LogP) is 12.5. The summed E-state index contributed by atoms with van der Waals surface area (Å²) < 4.78 is 10.8. The van der Waals surface area contributed by atoms with E-state index in [2.05, 4.69) is 38.2 Å². The summed E-state index contributed by atoms with van der Waals surface area (Å²) in [7, 11) is 1.97. The van der Waals surface area contributed by atoms with Crippen LogP contribution in [0.3, 0.4) is 0 Å². The number of carbonyl (C=O) groups excluding carboxylic acids is 2. The molecule has 0 bridgehead atoms. The van der Waals surface area contributed by atoms with Crippen molar-refractivity contribution in [1.82, 2.24) is 4.90 Å². The molecule has 0 saturated carbocycles. The number of ether oxygens (including phenoxy) is 2. The van der Waals surface area contributed by atoms with Crippen LogP contribution in [0, 0.1) is 0 Å². The monoisotopic (exact) mass is 684 g/mol. The quantitative estimate of drug-likeness (QED) is 0.0374. The molecule has 0 fully saturated rings. The number of rotatable bonds is 36. The third-order valence-electron chi connectivity index (χ3n) is 8.76. The van der Waals surface area contributed by atoms with Gasteiger partial charge in [-0.25, -0.2) is 0 Å². The fourth-order valence-corrected chi connectivity index (χ4v) is 5.57. The maximum Gasteiger partial charge on any atom is 0.305 e. The van der Waals surface area contributed by atoms with Crippen molar-refractivity contribution in [3.63, 3.8) is 0 Å². The van der Waals surface area contributed by atoms with Gasteiger partial charge >= 0.3 is 11.9 Å². The molecule has 5 nitrogen and oxygen atoms in total. The van der Waals surface area contributed by atoms with E-state index >= 15 is 0 Å². The molecule has 278 valence electrons. The molecule has 0 aromatic carbocycles. The first-order chi connectivity index (χ1) is 22.6. The Balaban J connectivity index is 0. The lowest BCUT2D eigenvalue weighted by molar-refractivity contribution is -0.144. The van der Waals surface area contributed by atoms with Gasteiger partial charge < -0.3 is 9.47 Å². The molecule has 0 aromatic rings. The number of nitrogens with zero attached hydrogens (tertiary/aromatic N) is 1. The lowest BCUT2D eigenvalue weighted by Gasteiger charge is -2.16. The van der Waals surface area contributed by atoms with Gasteiger partial charge in [-0.2, -0.15) is 0 Å². The van der Waals surface area contributed by atoms with E-state index in [1.807, 2.05) is 11.9 Å². The van der Waals surface area contributed by atoms with Crippen molar-refractivity contribution in [3.8, 4) is 0 Å². The van der Waals surface area contributed by atoms with Crippen molar-refractivity contribution in [2.45, 2.75) is 194 Å². The lowest BCUT2D eigenvalue weighted by atomic mass is 10.1. The van der Waals surface area contributed by atoms with Crippen LogP contribution in [0.2, 0.25) is 0 Å². The minimum Gasteiger partial charge on any atom is -0.464 e. The van der Waals surface area contributed by atoms with E-state index in [1.165, 1.54) is 141 Å². The highest BCUT2D eigenvalue weighted by Crippen LogP contribution is 2.12. The molecule has 0 N–H and O–H groups in total. The smallest absolute Gasteiger partial charge is 0.305 e. The van der Waals surface area contributed by atoms with Gasteiger partial charge in [0.1, 0.15) is 13.2 Å². The molecule has 0 aromatic heterocycles. The number of hydrogen-bond donors (Lipinski definition) is 0. The Bertz CT molecular complexity index is 654. The van der Waals surface area contributed by atoms with Crippen molar-refractivity contribution in [2.24, 2.45) is 0 Å². The van der Waals surface area contributed by atoms with Gasteiger partial charge in [0.15, 0.2) is 0 Å². The second-order valence-corrected chi connectivity index (χ2v) is 13.4. The van der Waals surface area contributed by atoms with E-state index in [1.54, 1.807) is 0 Å². The van der Waals surface area contributed by atoms with Gasteiger partial charge in [-0.15, -0.1) is 12.4 Å². The molecular formula is C41H78ClNO4. The van der Waals surface area contributed by atoms with Gasteiger partial charge in [0.25, 0.3) is 0 Å². The number of likely N-dealkylation sites (N-methyl/N-ethyl adjacent to an activating group) is 1. The minimum absolute atomic E-state index is 0. The standard InChI is InChI=1S/C41H77NO4.ClH/c1-4-6-8-10-12-14-16-18-20-22-24-26-28-30-32-34-40(43)45-38-36-42(3)37-39-46-41(44)35-33-31-29-27-25-23-21-19-17-15-13-11-9-7-5-2;/h18-21H,4-17,22-39H2,1-3H3;1H. The van der Waals surface area contributed by atoms with E-state index in [0.29, 0.717) is 39.1 Å². The Labute approximate surface area is 298 Å². The first-order valence-corrected chi connectivity index (χ1v) is 19.9. The van der Waals surface area contributed by atoms with Crippen LogP contribution >= 0.6 is 12.4 Å². The lowest BCUT2D eigenvalue weighted by Crippen LogP contribution is -2.28. The van der Waals surface area contributed by atoms with Crippen LogP contribution in [-0.4, -0.2) is 50.2 Å². The Kier molecular flexibility index (Phi) is 41.5. The molecule has 0 saturated heterocycles. The molecule has 47 heavy (non-hydrogen) atoms. The van der Waals surface area contributed by atoms with Crippen LogP contribution in [-0.2, 0) is 19.1 Å². The van der Waals surface area contributed by atoms with E-state index in [-0.39, 0.29) is 24.3 Å². The van der Waals surface area contributed by atoms with Crippen LogP contribution in [0.25, 0.3) is 0 Å². The van der Waals surface area contributed by atoms with Gasteiger partial charge in [-0.1, -0.05) is 141 Å². The van der Waals surface area contributed by atoms with Gasteiger partial charge in [0.2, 0.25) is 0 Å². The summed E-state index contributed by atoms with van der Waals surface area (Å²) in [6.45, 7) is 6.63. The highest BCUT2D eigenvalue weighted by atomic mass is 35.5. The second-order valence-electron chi connectivity index (χ2n) is 13.4. The molecule has 0 amide bonds. The average Bonchev–Trinajstić information content (AvgIpc) is 3.04. The van der Waals surface area contributed by atoms with E-state index < -0.39 is 0 Å². The number of hydrogen-bond acceptors (Lipinski definition) is 5. The van der Waals surface area contributed by atoms with Crippen molar-refractivity contribution >= 4 is 24.3 Å². The molecule has 0 heterocycles. The third kappa shape index (κ3) is 40.8. The molecule has 0 rings (SSSR count). The van der Waals surface area contributed by atoms with Crippen molar-refractivity contribution in [1.29, 1.82) is 0 Å². The zero-order chi connectivity index (χ0) is 33.6. The Morgan fingerprint density at radius 3 is 1.04 bits per heavy atom. The van der Waals surface area contributed by atoms with Crippen LogP contribution in [0.15, 0.2) is 24.3 Å². The van der Waals surface area contributed by atoms with E-state index in [4.69, 9.17) is 9.47 Å². The summed E-state index contributed by atoms with van der Waals surface area (Å²) in [6.07, 6.45) is 43.1. The van der Waals surface area contributed by atoms with Crippen molar-refractivity contribution < 1.29 is 19.1 Å². The second kappa shape index (κ2) is 40.8. The molecule has 0 aliphatic heterocycles. The SMILES string of the molecule is CCCCCCCCC=CCCCCCCCC(=O)OCCN(C)CCOC(=O)CCCCCCCC=CCCCCCCCC.Cl. The average molecular weight is 685 g/mol. The van der Waals surface area contributed by atoms with Crippen LogP contribution in [0.4, 0.5) is 0 Å². The van der Waals surface area contributed by atoms with E-state index in [9.17, 15) is 9.59 Å². The highest BCUT2D eigenvalue weighted by molar-refractivity contribution is 5.85. The number of allylic oxidation sites excluding steroid dienone is 4. The number of halogens is 1. The Morgan fingerprint density at radius 2 is 0.723 bits per heavy atom. The number of carbonyl (C=O) groups is 2. The first kappa shape index (κ1) is 47.8. The molecule has 0 radical (unpaired) electrons.